The number of likely N-dealkylation sites (N-methyl/N-ethyl adjacent to an activating group) is 1. The molecule has 2 amide bonds. The van der Waals surface area contributed by atoms with E-state index < -0.39 is 11.9 Å². The van der Waals surface area contributed by atoms with Crippen LogP contribution in [0.25, 0.3) is 0 Å². The number of carbonyl (C=O) groups excluding carboxylic acids is 2. The Morgan fingerprint density at radius 1 is 1.50 bits per heavy atom. The van der Waals surface area contributed by atoms with E-state index in [1.54, 1.807) is 19.5 Å². The van der Waals surface area contributed by atoms with Gasteiger partial charge in [-0.2, -0.15) is 0 Å². The zero-order valence-corrected chi connectivity index (χ0v) is 13.4. The molecule has 0 spiro atoms. The first kappa shape index (κ1) is 16.4. The van der Waals surface area contributed by atoms with E-state index in [1.165, 1.54) is 21.1 Å². The van der Waals surface area contributed by atoms with Gasteiger partial charge in [-0.1, -0.05) is 0 Å². The summed E-state index contributed by atoms with van der Waals surface area (Å²) in [5.74, 6) is -1.84. The minimum absolute atomic E-state index is 0.0531. The molecule has 7 nitrogen and oxygen atoms in total. The maximum atomic E-state index is 12.3. The molecule has 0 aliphatic carbocycles. The first-order valence-corrected chi connectivity index (χ1v) is 7.94. The Morgan fingerprint density at radius 2 is 2.23 bits per heavy atom. The number of aromatic nitrogens is 1. The second-order valence-electron chi connectivity index (χ2n) is 5.45. The molecular weight excluding hydrogens is 306 g/mol. The normalized spacial score (nSPS) is 18.1. The van der Waals surface area contributed by atoms with E-state index in [4.69, 9.17) is 5.11 Å². The van der Waals surface area contributed by atoms with Crippen LogP contribution < -0.4 is 0 Å². The molecule has 0 unspecified atom stereocenters. The van der Waals surface area contributed by atoms with Gasteiger partial charge in [-0.3, -0.25) is 14.4 Å². The van der Waals surface area contributed by atoms with Gasteiger partial charge in [0.25, 0.3) is 5.91 Å². The van der Waals surface area contributed by atoms with E-state index in [0.29, 0.717) is 30.0 Å². The number of carboxylic acids is 1. The third kappa shape index (κ3) is 3.62. The summed E-state index contributed by atoms with van der Waals surface area (Å²) in [7, 11) is 1.57. The molecule has 0 bridgehead atoms. The Bertz CT molecular complexity index is 586. The van der Waals surface area contributed by atoms with Crippen molar-refractivity contribution >= 4 is 29.1 Å². The maximum absolute atomic E-state index is 12.3. The number of carboxylic acid groups (broad SMARTS) is 1. The van der Waals surface area contributed by atoms with Crippen molar-refractivity contribution in [1.82, 2.24) is 14.8 Å². The molecule has 1 N–H and O–H groups in total. The first-order chi connectivity index (χ1) is 10.4. The Morgan fingerprint density at radius 3 is 2.82 bits per heavy atom. The van der Waals surface area contributed by atoms with E-state index in [-0.39, 0.29) is 24.9 Å². The number of likely N-dealkylation sites (tertiary alicyclic amines) is 1. The summed E-state index contributed by atoms with van der Waals surface area (Å²) >= 11 is 1.25. The number of nitrogens with zero attached hydrogens (tertiary/aromatic N) is 3. The molecular formula is C14H19N3O4S. The van der Waals surface area contributed by atoms with Gasteiger partial charge < -0.3 is 14.9 Å². The van der Waals surface area contributed by atoms with Gasteiger partial charge in [0.2, 0.25) is 5.91 Å². The fraction of sp³-hybridized carbons (Fsp3) is 0.571. The molecule has 1 aromatic heterocycles. The summed E-state index contributed by atoms with van der Waals surface area (Å²) in [5.41, 5.74) is 2.25. The minimum atomic E-state index is -0.873. The number of carbonyl (C=O) groups is 3. The lowest BCUT2D eigenvalue weighted by molar-refractivity contribution is -0.145. The fourth-order valence-corrected chi connectivity index (χ4v) is 3.26. The minimum Gasteiger partial charge on any atom is -0.481 e. The quantitative estimate of drug-likeness (QED) is 0.886. The van der Waals surface area contributed by atoms with Crippen molar-refractivity contribution in [1.29, 1.82) is 0 Å². The second-order valence-corrected chi connectivity index (χ2v) is 6.30. The number of aliphatic carboxylic acids is 1. The lowest BCUT2D eigenvalue weighted by Crippen LogP contribution is -2.46. The van der Waals surface area contributed by atoms with Crippen LogP contribution in [0.2, 0.25) is 0 Å². The molecule has 22 heavy (non-hydrogen) atoms. The summed E-state index contributed by atoms with van der Waals surface area (Å²) in [6, 6.07) is 0. The summed E-state index contributed by atoms with van der Waals surface area (Å²) in [5, 5.41) is 9.06. The van der Waals surface area contributed by atoms with Crippen LogP contribution in [0.5, 0.6) is 0 Å². The predicted octanol–water partition coefficient (Wildman–Crippen LogP) is 0.847. The molecule has 1 atom stereocenters. The van der Waals surface area contributed by atoms with Gasteiger partial charge >= 0.3 is 5.97 Å². The zero-order valence-electron chi connectivity index (χ0n) is 12.6. The van der Waals surface area contributed by atoms with E-state index in [0.717, 1.165) is 0 Å². The molecule has 0 saturated carbocycles. The topological polar surface area (TPSA) is 90.8 Å². The van der Waals surface area contributed by atoms with Crippen molar-refractivity contribution < 1.29 is 19.5 Å². The molecule has 1 aliphatic heterocycles. The van der Waals surface area contributed by atoms with Crippen LogP contribution in [0.1, 0.15) is 28.2 Å². The largest absolute Gasteiger partial charge is 0.481 e. The van der Waals surface area contributed by atoms with Gasteiger partial charge in [0.1, 0.15) is 4.88 Å². The molecule has 1 aliphatic rings. The monoisotopic (exact) mass is 325 g/mol. The molecule has 2 rings (SSSR count). The standard InChI is InChI=1S/C14H19N3O4S/c1-9-12(22-8-15-9)13(19)16(2)7-11(18)17-5-3-4-10(6-17)14(20)21/h8,10H,3-7H2,1-2H3,(H,20,21)/t10-/m0/s1. The zero-order chi connectivity index (χ0) is 16.3. The lowest BCUT2D eigenvalue weighted by atomic mass is 9.98. The van der Waals surface area contributed by atoms with Crippen LogP contribution in [-0.4, -0.2) is 64.4 Å². The van der Waals surface area contributed by atoms with Gasteiger partial charge in [0.15, 0.2) is 0 Å². The van der Waals surface area contributed by atoms with Crippen molar-refractivity contribution in [3.05, 3.63) is 16.1 Å². The van der Waals surface area contributed by atoms with Crippen LogP contribution in [-0.2, 0) is 9.59 Å². The Kier molecular flexibility index (Phi) is 5.12. The molecule has 0 aromatic carbocycles. The molecule has 0 radical (unpaired) electrons. The highest BCUT2D eigenvalue weighted by Crippen LogP contribution is 2.18. The predicted molar refractivity (Wildman–Crippen MR) is 80.8 cm³/mol. The highest BCUT2D eigenvalue weighted by atomic mass is 32.1. The van der Waals surface area contributed by atoms with Crippen LogP contribution in [0.15, 0.2) is 5.51 Å². The Labute approximate surface area is 132 Å². The highest BCUT2D eigenvalue weighted by molar-refractivity contribution is 7.11. The third-order valence-corrected chi connectivity index (χ3v) is 4.70. The number of thiazole rings is 1. The van der Waals surface area contributed by atoms with Gasteiger partial charge in [-0.25, -0.2) is 4.98 Å². The SMILES string of the molecule is Cc1ncsc1C(=O)N(C)CC(=O)N1CCC[C@H](C(=O)O)C1. The lowest BCUT2D eigenvalue weighted by Gasteiger charge is -2.32. The number of amides is 2. The number of rotatable bonds is 4. The van der Waals surface area contributed by atoms with Gasteiger partial charge in [-0.15, -0.1) is 11.3 Å². The van der Waals surface area contributed by atoms with E-state index in [1.807, 2.05) is 0 Å². The molecule has 120 valence electrons. The Balaban J connectivity index is 1.95. The fourth-order valence-electron chi connectivity index (χ4n) is 2.46. The number of piperidine rings is 1. The molecule has 1 saturated heterocycles. The average Bonchev–Trinajstić information content (AvgIpc) is 2.92. The van der Waals surface area contributed by atoms with Crippen molar-refractivity contribution in [2.45, 2.75) is 19.8 Å². The van der Waals surface area contributed by atoms with Crippen molar-refractivity contribution in [3.8, 4) is 0 Å². The number of aryl methyl sites for hydroxylation is 1. The highest BCUT2D eigenvalue weighted by Gasteiger charge is 2.29. The van der Waals surface area contributed by atoms with E-state index in [9.17, 15) is 14.4 Å². The Hall–Kier alpha value is -1.96. The van der Waals surface area contributed by atoms with Crippen molar-refractivity contribution in [3.63, 3.8) is 0 Å². The molecule has 2 heterocycles. The smallest absolute Gasteiger partial charge is 0.308 e. The molecule has 8 heteroatoms. The van der Waals surface area contributed by atoms with Crippen LogP contribution in [0.3, 0.4) is 0 Å². The number of hydrogen-bond acceptors (Lipinski definition) is 5. The third-order valence-electron chi connectivity index (χ3n) is 3.78. The van der Waals surface area contributed by atoms with Crippen molar-refractivity contribution in [2.24, 2.45) is 5.92 Å². The number of hydrogen-bond donors (Lipinski definition) is 1. The van der Waals surface area contributed by atoms with Gasteiger partial charge in [0.05, 0.1) is 23.7 Å². The van der Waals surface area contributed by atoms with Gasteiger partial charge in [0, 0.05) is 20.1 Å². The van der Waals surface area contributed by atoms with E-state index >= 15 is 0 Å². The van der Waals surface area contributed by atoms with E-state index in [2.05, 4.69) is 4.98 Å². The molecule has 1 aromatic rings. The van der Waals surface area contributed by atoms with Crippen LogP contribution in [0.4, 0.5) is 0 Å². The summed E-state index contributed by atoms with van der Waals surface area (Å²) in [4.78, 5) is 43.0. The maximum Gasteiger partial charge on any atom is 0.308 e. The second kappa shape index (κ2) is 6.87. The first-order valence-electron chi connectivity index (χ1n) is 7.06. The van der Waals surface area contributed by atoms with Crippen molar-refractivity contribution in [2.75, 3.05) is 26.7 Å². The van der Waals surface area contributed by atoms with Crippen LogP contribution in [0, 0.1) is 12.8 Å². The molecule has 1 fully saturated rings. The van der Waals surface area contributed by atoms with Gasteiger partial charge in [-0.05, 0) is 19.8 Å². The summed E-state index contributed by atoms with van der Waals surface area (Å²) in [6.07, 6.45) is 1.27. The summed E-state index contributed by atoms with van der Waals surface area (Å²) < 4.78 is 0. The summed E-state index contributed by atoms with van der Waals surface area (Å²) in [6.45, 7) is 2.46. The van der Waals surface area contributed by atoms with Crippen LogP contribution >= 0.6 is 11.3 Å². The average molecular weight is 325 g/mol.